The molecule has 0 unspecified atom stereocenters. The summed E-state index contributed by atoms with van der Waals surface area (Å²) in [7, 11) is 0. The molecule has 48 heavy (non-hydrogen) atoms. The number of rotatable bonds is 4. The van der Waals surface area contributed by atoms with E-state index in [0.717, 1.165) is 38.7 Å². The van der Waals surface area contributed by atoms with Gasteiger partial charge in [-0.2, -0.15) is 9.97 Å². The van der Waals surface area contributed by atoms with E-state index >= 15 is 0 Å². The summed E-state index contributed by atoms with van der Waals surface area (Å²) < 4.78 is 2.24. The van der Waals surface area contributed by atoms with Gasteiger partial charge in [0.25, 0.3) is 0 Å². The van der Waals surface area contributed by atoms with Crippen molar-refractivity contribution in [1.29, 1.82) is 0 Å². The molecule has 1 aliphatic rings. The van der Waals surface area contributed by atoms with E-state index in [1.165, 1.54) is 27.6 Å². The van der Waals surface area contributed by atoms with Gasteiger partial charge in [-0.05, 0) is 45.5 Å². The third-order valence-electron chi connectivity index (χ3n) is 9.66. The molecule has 0 amide bonds. The first-order valence-corrected chi connectivity index (χ1v) is 16.1. The largest absolute Gasteiger partial charge is 0.277 e. The van der Waals surface area contributed by atoms with Gasteiger partial charge in [0.05, 0.1) is 17.6 Å². The van der Waals surface area contributed by atoms with Gasteiger partial charge in [-0.1, -0.05) is 141 Å². The molecule has 0 spiro atoms. The van der Waals surface area contributed by atoms with Gasteiger partial charge in [0.15, 0.2) is 17.3 Å². The third kappa shape index (κ3) is 4.20. The van der Waals surface area contributed by atoms with Crippen molar-refractivity contribution in [3.8, 4) is 51.0 Å². The van der Waals surface area contributed by atoms with Crippen molar-refractivity contribution in [3.63, 3.8) is 0 Å². The van der Waals surface area contributed by atoms with Crippen molar-refractivity contribution in [2.75, 3.05) is 0 Å². The van der Waals surface area contributed by atoms with Crippen LogP contribution in [0.2, 0.25) is 0 Å². The van der Waals surface area contributed by atoms with Crippen LogP contribution in [0.3, 0.4) is 0 Å². The van der Waals surface area contributed by atoms with Crippen LogP contribution in [0.25, 0.3) is 77.6 Å². The van der Waals surface area contributed by atoms with Crippen LogP contribution >= 0.6 is 0 Å². The fraction of sp³-hybridized carbons (Fsp3) is 0.0698. The summed E-state index contributed by atoms with van der Waals surface area (Å²) in [4.78, 5) is 19.1. The van der Waals surface area contributed by atoms with Crippen LogP contribution in [0.15, 0.2) is 140 Å². The molecule has 0 N–H and O–H groups in total. The lowest BCUT2D eigenvalue weighted by Gasteiger charge is -2.23. The minimum atomic E-state index is -0.240. The Hall–Kier alpha value is -6.38. The first-order valence-electron chi connectivity index (χ1n) is 16.1. The van der Waals surface area contributed by atoms with Gasteiger partial charge < -0.3 is 0 Å². The molecular weight excluding hydrogens is 587 g/mol. The Morgan fingerprint density at radius 3 is 2.06 bits per heavy atom. The van der Waals surface area contributed by atoms with Crippen LogP contribution in [-0.2, 0) is 5.41 Å². The quantitative estimate of drug-likeness (QED) is 0.185. The van der Waals surface area contributed by atoms with E-state index in [9.17, 15) is 0 Å². The van der Waals surface area contributed by atoms with E-state index < -0.39 is 0 Å². The minimum Gasteiger partial charge on any atom is -0.277 e. The first kappa shape index (κ1) is 27.9. The molecule has 9 rings (SSSR count). The summed E-state index contributed by atoms with van der Waals surface area (Å²) in [6.45, 7) is 12.1. The molecule has 0 aliphatic heterocycles. The van der Waals surface area contributed by atoms with E-state index in [1.807, 2.05) is 30.3 Å². The average Bonchev–Trinajstić information content (AvgIpc) is 3.60. The van der Waals surface area contributed by atoms with Crippen molar-refractivity contribution in [2.24, 2.45) is 0 Å². The zero-order chi connectivity index (χ0) is 32.4. The zero-order valence-electron chi connectivity index (χ0n) is 26.5. The molecule has 0 fully saturated rings. The Morgan fingerprint density at radius 1 is 0.562 bits per heavy atom. The SMILES string of the molecule is [C-]#[N+]c1ccc(-c2nc(-c3cccc(-c4ccccc4)c3)nc(-n3c4ccccc4c4ccc5c(c43)C(C)(C)c3ccccc3-5)n2)cc1. The fourth-order valence-corrected chi connectivity index (χ4v) is 7.40. The molecule has 5 nitrogen and oxygen atoms in total. The molecule has 8 aromatic rings. The van der Waals surface area contributed by atoms with Gasteiger partial charge in [-0.25, -0.2) is 9.83 Å². The molecule has 0 radical (unpaired) electrons. The molecule has 2 aromatic heterocycles. The Kier molecular flexibility index (Phi) is 6.15. The van der Waals surface area contributed by atoms with E-state index in [1.54, 1.807) is 0 Å². The lowest BCUT2D eigenvalue weighted by Crippen LogP contribution is -2.17. The van der Waals surface area contributed by atoms with E-state index in [-0.39, 0.29) is 5.41 Å². The maximum atomic E-state index is 7.46. The molecule has 0 atom stereocenters. The monoisotopic (exact) mass is 615 g/mol. The van der Waals surface area contributed by atoms with E-state index in [2.05, 4.69) is 132 Å². The number of para-hydroxylation sites is 1. The van der Waals surface area contributed by atoms with Gasteiger partial charge in [-0.15, -0.1) is 0 Å². The van der Waals surface area contributed by atoms with Crippen molar-refractivity contribution in [1.82, 2.24) is 19.5 Å². The predicted molar refractivity (Wildman–Crippen MR) is 194 cm³/mol. The second-order valence-electron chi connectivity index (χ2n) is 12.8. The Balaban J connectivity index is 1.36. The van der Waals surface area contributed by atoms with E-state index in [4.69, 9.17) is 21.5 Å². The predicted octanol–water partition coefficient (Wildman–Crippen LogP) is 10.8. The van der Waals surface area contributed by atoms with Gasteiger partial charge in [-0.3, -0.25) is 4.57 Å². The third-order valence-corrected chi connectivity index (χ3v) is 9.66. The number of nitrogens with zero attached hydrogens (tertiary/aromatic N) is 5. The summed E-state index contributed by atoms with van der Waals surface area (Å²) in [6.07, 6.45) is 0. The van der Waals surface area contributed by atoms with Crippen LogP contribution in [-0.4, -0.2) is 19.5 Å². The highest BCUT2D eigenvalue weighted by atomic mass is 15.2. The summed E-state index contributed by atoms with van der Waals surface area (Å²) >= 11 is 0. The maximum Gasteiger partial charge on any atom is 0.238 e. The molecule has 2 heterocycles. The van der Waals surface area contributed by atoms with Crippen molar-refractivity contribution < 1.29 is 0 Å². The first-order chi connectivity index (χ1) is 23.5. The summed E-state index contributed by atoms with van der Waals surface area (Å²) in [5, 5.41) is 2.32. The summed E-state index contributed by atoms with van der Waals surface area (Å²) in [5.74, 6) is 1.70. The zero-order valence-corrected chi connectivity index (χ0v) is 26.5. The number of fused-ring (bicyclic) bond motifs is 7. The molecule has 0 bridgehead atoms. The normalized spacial score (nSPS) is 12.9. The number of benzene rings is 6. The molecule has 1 aliphatic carbocycles. The van der Waals surface area contributed by atoms with Crippen molar-refractivity contribution >= 4 is 27.5 Å². The van der Waals surface area contributed by atoms with Crippen molar-refractivity contribution in [3.05, 3.63) is 162 Å². The highest BCUT2D eigenvalue weighted by Gasteiger charge is 2.38. The second kappa shape index (κ2) is 10.6. The molecule has 0 saturated carbocycles. The maximum absolute atomic E-state index is 7.46. The Labute approximate surface area is 278 Å². The number of aromatic nitrogens is 4. The standard InChI is InChI=1S/C43H29N5/c1-43(2)36-18-9-7-16-32(36)34-24-25-35-33-17-8-10-19-37(33)48(39(35)38(34)43)42-46-40(28-20-22-31(44-3)23-21-28)45-41(47-42)30-15-11-14-29(26-30)27-12-5-4-6-13-27/h4-26H,1-2H3. The number of hydrogen-bond donors (Lipinski definition) is 0. The minimum absolute atomic E-state index is 0.240. The highest BCUT2D eigenvalue weighted by Crippen LogP contribution is 2.52. The molecule has 0 saturated heterocycles. The Morgan fingerprint density at radius 2 is 1.25 bits per heavy atom. The average molecular weight is 616 g/mol. The lowest BCUT2D eigenvalue weighted by atomic mass is 9.81. The molecule has 226 valence electrons. The fourth-order valence-electron chi connectivity index (χ4n) is 7.40. The topological polar surface area (TPSA) is 48.0 Å². The van der Waals surface area contributed by atoms with E-state index in [0.29, 0.717) is 23.3 Å². The van der Waals surface area contributed by atoms with Crippen LogP contribution < -0.4 is 0 Å². The molecular formula is C43H29N5. The smallest absolute Gasteiger partial charge is 0.238 e. The molecule has 5 heteroatoms. The van der Waals surface area contributed by atoms with Crippen LogP contribution in [0.1, 0.15) is 25.0 Å². The van der Waals surface area contributed by atoms with Gasteiger partial charge in [0.2, 0.25) is 5.95 Å². The lowest BCUT2D eigenvalue weighted by molar-refractivity contribution is 0.663. The summed E-state index contributed by atoms with van der Waals surface area (Å²) in [6, 6.07) is 47.9. The van der Waals surface area contributed by atoms with Crippen LogP contribution in [0.4, 0.5) is 5.69 Å². The van der Waals surface area contributed by atoms with Gasteiger partial charge in [0, 0.05) is 27.3 Å². The number of hydrogen-bond acceptors (Lipinski definition) is 3. The van der Waals surface area contributed by atoms with Crippen LogP contribution in [0, 0.1) is 6.57 Å². The summed E-state index contributed by atoms with van der Waals surface area (Å²) in [5.41, 5.74) is 11.5. The Bertz CT molecular complexity index is 2590. The second-order valence-corrected chi connectivity index (χ2v) is 12.8. The van der Waals surface area contributed by atoms with Gasteiger partial charge >= 0.3 is 0 Å². The highest BCUT2D eigenvalue weighted by molar-refractivity contribution is 6.13. The molecule has 6 aromatic carbocycles. The van der Waals surface area contributed by atoms with Crippen LogP contribution in [0.5, 0.6) is 0 Å². The van der Waals surface area contributed by atoms with Crippen molar-refractivity contribution in [2.45, 2.75) is 19.3 Å². The van der Waals surface area contributed by atoms with Gasteiger partial charge in [0.1, 0.15) is 0 Å².